The zero-order valence-corrected chi connectivity index (χ0v) is 10.8. The molecule has 0 saturated heterocycles. The van der Waals surface area contributed by atoms with Gasteiger partial charge in [0.05, 0.1) is 5.75 Å². The van der Waals surface area contributed by atoms with Crippen LogP contribution in [0.15, 0.2) is 5.16 Å². The SMILES string of the molecule is CCn1c(SCC(=O)O)nnc1C(C)(C)C. The van der Waals surface area contributed by atoms with Crippen LogP contribution in [0.4, 0.5) is 0 Å². The molecule has 0 spiro atoms. The van der Waals surface area contributed by atoms with E-state index in [1.54, 1.807) is 0 Å². The van der Waals surface area contributed by atoms with E-state index in [0.717, 1.165) is 12.4 Å². The zero-order valence-electron chi connectivity index (χ0n) is 10.0. The van der Waals surface area contributed by atoms with Crippen LogP contribution in [0.2, 0.25) is 0 Å². The molecule has 0 bridgehead atoms. The van der Waals surface area contributed by atoms with Crippen LogP contribution in [0.5, 0.6) is 0 Å². The normalized spacial score (nSPS) is 11.8. The van der Waals surface area contributed by atoms with Gasteiger partial charge in [0, 0.05) is 12.0 Å². The number of hydrogen-bond donors (Lipinski definition) is 1. The van der Waals surface area contributed by atoms with Crippen LogP contribution in [-0.2, 0) is 16.8 Å². The number of aromatic nitrogens is 3. The molecule has 1 aromatic rings. The second-order valence-electron chi connectivity index (χ2n) is 4.48. The molecule has 1 rings (SSSR count). The number of aliphatic carboxylic acids is 1. The van der Waals surface area contributed by atoms with Gasteiger partial charge in [0.2, 0.25) is 0 Å². The largest absolute Gasteiger partial charge is 0.481 e. The summed E-state index contributed by atoms with van der Waals surface area (Å²) in [5.74, 6) is 0.0679. The molecule has 1 N–H and O–H groups in total. The van der Waals surface area contributed by atoms with E-state index in [0.29, 0.717) is 5.16 Å². The third-order valence-electron chi connectivity index (χ3n) is 2.03. The minimum atomic E-state index is -0.840. The molecule has 16 heavy (non-hydrogen) atoms. The lowest BCUT2D eigenvalue weighted by Crippen LogP contribution is -2.19. The Hall–Kier alpha value is -1.04. The Labute approximate surface area is 99.3 Å². The number of thioether (sulfide) groups is 1. The van der Waals surface area contributed by atoms with Gasteiger partial charge in [0.1, 0.15) is 5.82 Å². The number of nitrogens with zero attached hydrogens (tertiary/aromatic N) is 3. The topological polar surface area (TPSA) is 68.0 Å². The molecule has 5 nitrogen and oxygen atoms in total. The van der Waals surface area contributed by atoms with Crippen molar-refractivity contribution < 1.29 is 9.90 Å². The predicted octanol–water partition coefficient (Wildman–Crippen LogP) is 1.77. The predicted molar refractivity (Wildman–Crippen MR) is 62.8 cm³/mol. The van der Waals surface area contributed by atoms with Crippen molar-refractivity contribution in [3.05, 3.63) is 5.82 Å². The maximum absolute atomic E-state index is 10.5. The first kappa shape index (κ1) is 13.0. The van der Waals surface area contributed by atoms with Gasteiger partial charge in [0.15, 0.2) is 5.16 Å². The lowest BCUT2D eigenvalue weighted by molar-refractivity contribution is -0.133. The quantitative estimate of drug-likeness (QED) is 0.816. The van der Waals surface area contributed by atoms with Gasteiger partial charge in [-0.25, -0.2) is 0 Å². The van der Waals surface area contributed by atoms with Crippen molar-refractivity contribution >= 4 is 17.7 Å². The van der Waals surface area contributed by atoms with Gasteiger partial charge in [-0.15, -0.1) is 10.2 Å². The zero-order chi connectivity index (χ0) is 12.3. The lowest BCUT2D eigenvalue weighted by Gasteiger charge is -2.18. The van der Waals surface area contributed by atoms with E-state index in [-0.39, 0.29) is 11.2 Å². The minimum Gasteiger partial charge on any atom is -0.481 e. The Bertz CT molecular complexity index is 382. The number of carboxylic acid groups (broad SMARTS) is 1. The molecule has 90 valence electrons. The summed E-state index contributed by atoms with van der Waals surface area (Å²) in [7, 11) is 0. The first-order valence-electron chi connectivity index (χ1n) is 5.14. The summed E-state index contributed by atoms with van der Waals surface area (Å²) >= 11 is 1.21. The van der Waals surface area contributed by atoms with E-state index in [9.17, 15) is 4.79 Å². The molecule has 0 radical (unpaired) electrons. The maximum Gasteiger partial charge on any atom is 0.313 e. The molecule has 0 saturated carbocycles. The number of carboxylic acids is 1. The van der Waals surface area contributed by atoms with Crippen LogP contribution in [0.3, 0.4) is 0 Å². The van der Waals surface area contributed by atoms with E-state index in [2.05, 4.69) is 31.0 Å². The number of rotatable bonds is 4. The van der Waals surface area contributed by atoms with Gasteiger partial charge in [-0.05, 0) is 6.92 Å². The highest BCUT2D eigenvalue weighted by molar-refractivity contribution is 7.99. The number of carbonyl (C=O) groups is 1. The summed E-state index contributed by atoms with van der Waals surface area (Å²) in [6, 6.07) is 0. The van der Waals surface area contributed by atoms with Crippen LogP contribution in [0.1, 0.15) is 33.5 Å². The van der Waals surface area contributed by atoms with E-state index >= 15 is 0 Å². The number of hydrogen-bond acceptors (Lipinski definition) is 4. The smallest absolute Gasteiger partial charge is 0.313 e. The van der Waals surface area contributed by atoms with Crippen molar-refractivity contribution in [2.75, 3.05) is 5.75 Å². The molecule has 0 aromatic carbocycles. The second kappa shape index (κ2) is 4.86. The molecule has 0 fully saturated rings. The molecule has 0 aliphatic heterocycles. The molecule has 6 heteroatoms. The fourth-order valence-electron chi connectivity index (χ4n) is 1.36. The van der Waals surface area contributed by atoms with E-state index in [1.807, 2.05) is 11.5 Å². The summed E-state index contributed by atoms with van der Waals surface area (Å²) in [6.45, 7) is 8.95. The maximum atomic E-state index is 10.5. The van der Waals surface area contributed by atoms with Gasteiger partial charge in [-0.1, -0.05) is 32.5 Å². The molecular formula is C10H17N3O2S. The lowest BCUT2D eigenvalue weighted by atomic mass is 9.96. The molecule has 0 aliphatic rings. The van der Waals surface area contributed by atoms with Gasteiger partial charge in [-0.2, -0.15) is 0 Å². The van der Waals surface area contributed by atoms with Crippen molar-refractivity contribution in [3.63, 3.8) is 0 Å². The van der Waals surface area contributed by atoms with Gasteiger partial charge in [-0.3, -0.25) is 4.79 Å². The molecule has 1 aromatic heterocycles. The first-order chi connectivity index (χ1) is 7.36. The standard InChI is InChI=1S/C10H17N3O2S/c1-5-13-8(10(2,3)4)11-12-9(13)16-6-7(14)15/h5-6H2,1-4H3,(H,14,15). The van der Waals surface area contributed by atoms with Crippen molar-refractivity contribution in [1.82, 2.24) is 14.8 Å². The fourth-order valence-corrected chi connectivity index (χ4v) is 2.08. The summed E-state index contributed by atoms with van der Waals surface area (Å²) < 4.78 is 1.97. The Balaban J connectivity index is 2.95. The van der Waals surface area contributed by atoms with Crippen LogP contribution in [0.25, 0.3) is 0 Å². The highest BCUT2D eigenvalue weighted by Gasteiger charge is 2.23. The molecule has 0 aliphatic carbocycles. The summed E-state index contributed by atoms with van der Waals surface area (Å²) in [5, 5.41) is 17.5. The highest BCUT2D eigenvalue weighted by atomic mass is 32.2. The Morgan fingerprint density at radius 3 is 2.50 bits per heavy atom. The Morgan fingerprint density at radius 1 is 1.44 bits per heavy atom. The van der Waals surface area contributed by atoms with E-state index in [1.165, 1.54) is 11.8 Å². The molecule has 1 heterocycles. The van der Waals surface area contributed by atoms with Crippen molar-refractivity contribution in [3.8, 4) is 0 Å². The van der Waals surface area contributed by atoms with Crippen LogP contribution < -0.4 is 0 Å². The second-order valence-corrected chi connectivity index (χ2v) is 5.43. The van der Waals surface area contributed by atoms with Gasteiger partial charge < -0.3 is 9.67 Å². The van der Waals surface area contributed by atoms with Crippen LogP contribution in [0, 0.1) is 0 Å². The van der Waals surface area contributed by atoms with Gasteiger partial charge >= 0.3 is 5.97 Å². The Morgan fingerprint density at radius 2 is 2.06 bits per heavy atom. The van der Waals surface area contributed by atoms with Crippen LogP contribution >= 0.6 is 11.8 Å². The molecular weight excluding hydrogens is 226 g/mol. The summed E-state index contributed by atoms with van der Waals surface area (Å²) in [6.07, 6.45) is 0. The van der Waals surface area contributed by atoms with E-state index < -0.39 is 5.97 Å². The van der Waals surface area contributed by atoms with Crippen molar-refractivity contribution in [1.29, 1.82) is 0 Å². The van der Waals surface area contributed by atoms with Crippen molar-refractivity contribution in [2.24, 2.45) is 0 Å². The first-order valence-corrected chi connectivity index (χ1v) is 6.13. The molecule has 0 atom stereocenters. The summed E-state index contributed by atoms with van der Waals surface area (Å²) in [4.78, 5) is 10.5. The van der Waals surface area contributed by atoms with Crippen LogP contribution in [-0.4, -0.2) is 31.6 Å². The van der Waals surface area contributed by atoms with Gasteiger partial charge in [0.25, 0.3) is 0 Å². The fraction of sp³-hybridized carbons (Fsp3) is 0.700. The van der Waals surface area contributed by atoms with E-state index in [4.69, 9.17) is 5.11 Å². The Kier molecular flexibility index (Phi) is 3.96. The third-order valence-corrected chi connectivity index (χ3v) is 2.98. The molecule has 0 unspecified atom stereocenters. The monoisotopic (exact) mass is 243 g/mol. The molecule has 0 amide bonds. The highest BCUT2D eigenvalue weighted by Crippen LogP contribution is 2.25. The van der Waals surface area contributed by atoms with Crippen molar-refractivity contribution in [2.45, 2.75) is 44.8 Å². The summed E-state index contributed by atoms with van der Waals surface area (Å²) in [5.41, 5.74) is -0.0783. The average Bonchev–Trinajstić information content (AvgIpc) is 2.56. The average molecular weight is 243 g/mol. The third kappa shape index (κ3) is 2.98. The minimum absolute atomic E-state index is 0.0161.